The Hall–Kier alpha value is -2.83. The average molecular weight is 325 g/mol. The molecule has 7 heteroatoms. The van der Waals surface area contributed by atoms with Crippen LogP contribution in [0.4, 0.5) is 0 Å². The zero-order valence-corrected chi connectivity index (χ0v) is 14.1. The Labute approximate surface area is 141 Å². The van der Waals surface area contributed by atoms with Gasteiger partial charge in [0.25, 0.3) is 0 Å². The Morgan fingerprint density at radius 3 is 2.96 bits per heavy atom. The number of nitrogens with zero attached hydrogens (tertiary/aromatic N) is 4. The molecule has 3 rings (SSSR count). The molecule has 3 aromatic rings. The maximum Gasteiger partial charge on any atom is 0.191 e. The first-order valence-electron chi connectivity index (χ1n) is 8.18. The van der Waals surface area contributed by atoms with E-state index in [4.69, 9.17) is 0 Å². The van der Waals surface area contributed by atoms with E-state index in [1.54, 1.807) is 11.0 Å². The maximum absolute atomic E-state index is 4.56. The summed E-state index contributed by atoms with van der Waals surface area (Å²) in [5.74, 6) is 1.63. The SMILES string of the molecule is CCNC(=NCc1ncnn1C)NCCc1c[nH]c2ccccc12. The van der Waals surface area contributed by atoms with Crippen LogP contribution < -0.4 is 10.6 Å². The highest BCUT2D eigenvalue weighted by Crippen LogP contribution is 2.17. The Morgan fingerprint density at radius 2 is 2.17 bits per heavy atom. The van der Waals surface area contributed by atoms with Crippen LogP contribution in [-0.2, 0) is 20.0 Å². The van der Waals surface area contributed by atoms with E-state index in [-0.39, 0.29) is 0 Å². The zero-order valence-electron chi connectivity index (χ0n) is 14.1. The van der Waals surface area contributed by atoms with E-state index < -0.39 is 0 Å². The number of aromatic amines is 1. The van der Waals surface area contributed by atoms with Gasteiger partial charge in [-0.2, -0.15) is 5.10 Å². The van der Waals surface area contributed by atoms with E-state index in [1.807, 2.05) is 13.1 Å². The van der Waals surface area contributed by atoms with Gasteiger partial charge in [0, 0.05) is 37.2 Å². The summed E-state index contributed by atoms with van der Waals surface area (Å²) in [7, 11) is 1.87. The lowest BCUT2D eigenvalue weighted by atomic mass is 10.1. The van der Waals surface area contributed by atoms with Gasteiger partial charge in [-0.25, -0.2) is 9.98 Å². The number of aryl methyl sites for hydroxylation is 1. The fourth-order valence-electron chi connectivity index (χ4n) is 2.61. The van der Waals surface area contributed by atoms with Crippen molar-refractivity contribution in [2.24, 2.45) is 12.0 Å². The highest BCUT2D eigenvalue weighted by Gasteiger charge is 2.04. The fourth-order valence-corrected chi connectivity index (χ4v) is 2.61. The topological polar surface area (TPSA) is 82.9 Å². The highest BCUT2D eigenvalue weighted by molar-refractivity contribution is 5.83. The lowest BCUT2D eigenvalue weighted by molar-refractivity contribution is 0.697. The minimum atomic E-state index is 0.499. The molecule has 0 spiro atoms. The summed E-state index contributed by atoms with van der Waals surface area (Å²) in [5.41, 5.74) is 2.48. The van der Waals surface area contributed by atoms with Gasteiger partial charge in [0.05, 0.1) is 0 Å². The van der Waals surface area contributed by atoms with E-state index >= 15 is 0 Å². The number of rotatable bonds is 6. The van der Waals surface area contributed by atoms with Gasteiger partial charge in [0.1, 0.15) is 18.7 Å². The monoisotopic (exact) mass is 325 g/mol. The Bertz CT molecular complexity index is 815. The molecule has 7 nitrogen and oxygen atoms in total. The molecule has 126 valence electrons. The third kappa shape index (κ3) is 3.73. The van der Waals surface area contributed by atoms with Crippen LogP contribution in [0.3, 0.4) is 0 Å². The molecule has 1 aromatic carbocycles. The van der Waals surface area contributed by atoms with Crippen LogP contribution >= 0.6 is 0 Å². The normalized spacial score (nSPS) is 11.8. The molecule has 0 bridgehead atoms. The van der Waals surface area contributed by atoms with Crippen molar-refractivity contribution >= 4 is 16.9 Å². The number of para-hydroxylation sites is 1. The first kappa shape index (κ1) is 16.0. The molecular weight excluding hydrogens is 302 g/mol. The summed E-state index contributed by atoms with van der Waals surface area (Å²) in [5, 5.41) is 12.0. The van der Waals surface area contributed by atoms with Gasteiger partial charge >= 0.3 is 0 Å². The number of hydrogen-bond donors (Lipinski definition) is 3. The van der Waals surface area contributed by atoms with Crippen molar-refractivity contribution in [2.75, 3.05) is 13.1 Å². The van der Waals surface area contributed by atoms with E-state index in [2.05, 4.69) is 62.0 Å². The molecular formula is C17H23N7. The van der Waals surface area contributed by atoms with Crippen LogP contribution in [0.5, 0.6) is 0 Å². The third-order valence-electron chi connectivity index (χ3n) is 3.89. The Morgan fingerprint density at radius 1 is 1.29 bits per heavy atom. The molecule has 0 saturated carbocycles. The van der Waals surface area contributed by atoms with Crippen molar-refractivity contribution in [3.8, 4) is 0 Å². The molecule has 2 aromatic heterocycles. The van der Waals surface area contributed by atoms with Gasteiger partial charge in [-0.05, 0) is 25.0 Å². The van der Waals surface area contributed by atoms with Gasteiger partial charge in [-0.3, -0.25) is 4.68 Å². The van der Waals surface area contributed by atoms with Crippen molar-refractivity contribution in [1.82, 2.24) is 30.4 Å². The van der Waals surface area contributed by atoms with Gasteiger partial charge < -0.3 is 15.6 Å². The van der Waals surface area contributed by atoms with Crippen molar-refractivity contribution in [3.05, 3.63) is 48.2 Å². The number of nitrogens with one attached hydrogen (secondary N) is 3. The van der Waals surface area contributed by atoms with Crippen molar-refractivity contribution in [3.63, 3.8) is 0 Å². The number of aliphatic imine (C=N–C) groups is 1. The number of aromatic nitrogens is 4. The Balaban J connectivity index is 1.59. The van der Waals surface area contributed by atoms with Crippen LogP contribution in [0, 0.1) is 0 Å². The standard InChI is InChI=1S/C17H23N7/c1-3-18-17(21-11-16-22-12-23-24(16)2)19-9-8-13-10-20-15-7-5-4-6-14(13)15/h4-7,10,12,20H,3,8-9,11H2,1-2H3,(H2,18,19,21). The number of fused-ring (bicyclic) bond motifs is 1. The predicted molar refractivity (Wildman–Crippen MR) is 95.8 cm³/mol. The van der Waals surface area contributed by atoms with Gasteiger partial charge in [0.2, 0.25) is 0 Å². The first-order chi connectivity index (χ1) is 11.8. The summed E-state index contributed by atoms with van der Waals surface area (Å²) in [6.45, 7) is 4.18. The van der Waals surface area contributed by atoms with Crippen LogP contribution in [-0.4, -0.2) is 38.8 Å². The van der Waals surface area contributed by atoms with Crippen LogP contribution in [0.2, 0.25) is 0 Å². The summed E-state index contributed by atoms with van der Waals surface area (Å²) in [6, 6.07) is 8.36. The number of guanidine groups is 1. The molecule has 0 unspecified atom stereocenters. The molecule has 0 saturated heterocycles. The minimum absolute atomic E-state index is 0.499. The second-order valence-corrected chi connectivity index (χ2v) is 5.53. The maximum atomic E-state index is 4.56. The molecule has 0 aliphatic carbocycles. The molecule has 0 amide bonds. The summed E-state index contributed by atoms with van der Waals surface area (Å²) in [4.78, 5) is 12.1. The first-order valence-corrected chi connectivity index (χ1v) is 8.18. The van der Waals surface area contributed by atoms with Crippen molar-refractivity contribution < 1.29 is 0 Å². The molecule has 0 atom stereocenters. The third-order valence-corrected chi connectivity index (χ3v) is 3.89. The van der Waals surface area contributed by atoms with Crippen LogP contribution in [0.25, 0.3) is 10.9 Å². The van der Waals surface area contributed by atoms with Crippen molar-refractivity contribution in [1.29, 1.82) is 0 Å². The summed E-state index contributed by atoms with van der Waals surface area (Å²) >= 11 is 0. The minimum Gasteiger partial charge on any atom is -0.361 e. The van der Waals surface area contributed by atoms with E-state index in [1.165, 1.54) is 16.5 Å². The lowest BCUT2D eigenvalue weighted by Crippen LogP contribution is -2.38. The summed E-state index contributed by atoms with van der Waals surface area (Å²) in [6.07, 6.45) is 4.55. The number of H-pyrrole nitrogens is 1. The molecule has 2 heterocycles. The van der Waals surface area contributed by atoms with Gasteiger partial charge in [-0.1, -0.05) is 18.2 Å². The van der Waals surface area contributed by atoms with E-state index in [0.29, 0.717) is 6.54 Å². The number of benzene rings is 1. The highest BCUT2D eigenvalue weighted by atomic mass is 15.3. The van der Waals surface area contributed by atoms with Crippen LogP contribution in [0.1, 0.15) is 18.3 Å². The smallest absolute Gasteiger partial charge is 0.191 e. The molecule has 3 N–H and O–H groups in total. The van der Waals surface area contributed by atoms with E-state index in [0.717, 1.165) is 31.3 Å². The molecule has 24 heavy (non-hydrogen) atoms. The van der Waals surface area contributed by atoms with E-state index in [9.17, 15) is 0 Å². The zero-order chi connectivity index (χ0) is 16.8. The predicted octanol–water partition coefficient (Wildman–Crippen LogP) is 1.59. The second-order valence-electron chi connectivity index (χ2n) is 5.53. The lowest BCUT2D eigenvalue weighted by Gasteiger charge is -2.11. The fraction of sp³-hybridized carbons (Fsp3) is 0.353. The number of hydrogen-bond acceptors (Lipinski definition) is 3. The quantitative estimate of drug-likeness (QED) is 0.475. The largest absolute Gasteiger partial charge is 0.361 e. The van der Waals surface area contributed by atoms with Crippen molar-refractivity contribution in [2.45, 2.75) is 19.9 Å². The Kier molecular flexibility index (Phi) is 5.10. The van der Waals surface area contributed by atoms with Gasteiger partial charge in [0.15, 0.2) is 5.96 Å². The molecule has 0 fully saturated rings. The molecule has 0 radical (unpaired) electrons. The average Bonchev–Trinajstić information content (AvgIpc) is 3.19. The van der Waals surface area contributed by atoms with Crippen LogP contribution in [0.15, 0.2) is 41.8 Å². The van der Waals surface area contributed by atoms with Gasteiger partial charge in [-0.15, -0.1) is 0 Å². The molecule has 0 aliphatic heterocycles. The molecule has 0 aliphatic rings. The second kappa shape index (κ2) is 7.63. The summed E-state index contributed by atoms with van der Waals surface area (Å²) < 4.78 is 1.74.